The lowest BCUT2D eigenvalue weighted by atomic mass is 9.71. The van der Waals surface area contributed by atoms with Gasteiger partial charge in [-0.05, 0) is 50.3 Å². The molecule has 6 nitrogen and oxygen atoms in total. The normalized spacial score (nSPS) is 21.2. The third kappa shape index (κ3) is 7.17. The molecule has 9 heteroatoms. The Hall–Kier alpha value is -2.84. The number of piperidine rings is 1. The molecule has 1 fully saturated rings. The number of unbranched alkanes of at least 4 members (excludes halogenated alkanes) is 5. The summed E-state index contributed by atoms with van der Waals surface area (Å²) < 4.78 is 44.5. The molecule has 38 heavy (non-hydrogen) atoms. The molecule has 0 radical (unpaired) electrons. The summed E-state index contributed by atoms with van der Waals surface area (Å²) in [7, 11) is 0. The standard InChI is InChI=1S/C29H39F3N2O4/c1-3-5-6-7-8-9-16-34-24-14-11-15-28(24,27(37)38-4-2)19-22(26(34)36)18-25(35)33-20-21-12-10-13-23(17-21)29(30,31)32/h10,12-14,17,22H,3-9,11,15-16,18-20H2,1-2H3,(H,33,35)/t22-,28+/m1/s1. The van der Waals surface area contributed by atoms with Crippen LogP contribution in [0.1, 0.15) is 89.2 Å². The number of hydrogen-bond donors (Lipinski definition) is 1. The van der Waals surface area contributed by atoms with Gasteiger partial charge in [0, 0.05) is 31.1 Å². The van der Waals surface area contributed by atoms with E-state index < -0.39 is 29.0 Å². The van der Waals surface area contributed by atoms with Crippen LogP contribution in [0.25, 0.3) is 0 Å². The van der Waals surface area contributed by atoms with Gasteiger partial charge >= 0.3 is 12.1 Å². The summed E-state index contributed by atoms with van der Waals surface area (Å²) in [5, 5.41) is 2.65. The summed E-state index contributed by atoms with van der Waals surface area (Å²) in [6, 6.07) is 4.78. The van der Waals surface area contributed by atoms with E-state index in [1.165, 1.54) is 18.6 Å². The molecule has 1 aromatic rings. The van der Waals surface area contributed by atoms with Crippen molar-refractivity contribution in [2.75, 3.05) is 13.2 Å². The molecule has 1 N–H and O–H groups in total. The predicted molar refractivity (Wildman–Crippen MR) is 137 cm³/mol. The zero-order chi connectivity index (χ0) is 27.8. The zero-order valence-corrected chi connectivity index (χ0v) is 22.4. The van der Waals surface area contributed by atoms with Gasteiger partial charge in [0.25, 0.3) is 0 Å². The number of benzene rings is 1. The number of ether oxygens (including phenoxy) is 1. The van der Waals surface area contributed by atoms with Gasteiger partial charge in [0.15, 0.2) is 0 Å². The monoisotopic (exact) mass is 536 g/mol. The molecule has 1 aliphatic heterocycles. The topological polar surface area (TPSA) is 75.7 Å². The molecular formula is C29H39F3N2O4. The summed E-state index contributed by atoms with van der Waals surface area (Å²) in [5.41, 5.74) is -0.709. The Bertz CT molecular complexity index is 1020. The van der Waals surface area contributed by atoms with E-state index in [9.17, 15) is 27.6 Å². The van der Waals surface area contributed by atoms with Crippen molar-refractivity contribution in [2.45, 2.75) is 90.8 Å². The van der Waals surface area contributed by atoms with Gasteiger partial charge in [0.05, 0.1) is 12.2 Å². The van der Waals surface area contributed by atoms with Gasteiger partial charge in [-0.15, -0.1) is 0 Å². The maximum absolute atomic E-state index is 13.5. The average molecular weight is 537 g/mol. The van der Waals surface area contributed by atoms with Crippen molar-refractivity contribution >= 4 is 17.8 Å². The minimum absolute atomic E-state index is 0.0840. The summed E-state index contributed by atoms with van der Waals surface area (Å²) in [6.07, 6.45) is 5.07. The van der Waals surface area contributed by atoms with Crippen LogP contribution in [-0.2, 0) is 31.8 Å². The number of hydrogen-bond acceptors (Lipinski definition) is 4. The van der Waals surface area contributed by atoms with Crippen LogP contribution in [-0.4, -0.2) is 35.8 Å². The molecule has 1 aliphatic carbocycles. The number of likely N-dealkylation sites (tertiary alicyclic amines) is 1. The van der Waals surface area contributed by atoms with Gasteiger partial charge in [-0.3, -0.25) is 14.4 Å². The van der Waals surface area contributed by atoms with E-state index in [0.717, 1.165) is 44.2 Å². The van der Waals surface area contributed by atoms with E-state index >= 15 is 0 Å². The average Bonchev–Trinajstić information content (AvgIpc) is 3.31. The van der Waals surface area contributed by atoms with E-state index in [1.54, 1.807) is 11.8 Å². The fourth-order valence-electron chi connectivity index (χ4n) is 5.55. The van der Waals surface area contributed by atoms with Crippen molar-refractivity contribution in [3.05, 3.63) is 47.2 Å². The van der Waals surface area contributed by atoms with Gasteiger partial charge in [0.1, 0.15) is 5.41 Å². The van der Waals surface area contributed by atoms with Gasteiger partial charge in [-0.1, -0.05) is 57.2 Å². The Morgan fingerprint density at radius 3 is 2.58 bits per heavy atom. The molecule has 3 rings (SSSR count). The number of esters is 1. The highest BCUT2D eigenvalue weighted by Crippen LogP contribution is 2.51. The van der Waals surface area contributed by atoms with Crippen LogP contribution in [0.3, 0.4) is 0 Å². The summed E-state index contributed by atoms with van der Waals surface area (Å²) in [5.74, 6) is -1.69. The zero-order valence-electron chi connectivity index (χ0n) is 22.4. The number of nitrogens with one attached hydrogen (secondary N) is 1. The highest BCUT2D eigenvalue weighted by atomic mass is 19.4. The highest BCUT2D eigenvalue weighted by molar-refractivity contribution is 5.92. The predicted octanol–water partition coefficient (Wildman–Crippen LogP) is 6.15. The fraction of sp³-hybridized carbons (Fsp3) is 0.621. The number of carbonyl (C=O) groups excluding carboxylic acids is 3. The maximum Gasteiger partial charge on any atom is 0.416 e. The molecule has 0 unspecified atom stereocenters. The van der Waals surface area contributed by atoms with Gasteiger partial charge in [0.2, 0.25) is 11.8 Å². The van der Waals surface area contributed by atoms with Gasteiger partial charge in [-0.2, -0.15) is 13.2 Å². The molecule has 2 amide bonds. The van der Waals surface area contributed by atoms with Crippen molar-refractivity contribution < 1.29 is 32.3 Å². The fourth-order valence-corrected chi connectivity index (χ4v) is 5.55. The summed E-state index contributed by atoms with van der Waals surface area (Å²) in [6.45, 7) is 4.53. The molecule has 2 atom stereocenters. The van der Waals surface area contributed by atoms with Crippen molar-refractivity contribution in [2.24, 2.45) is 11.3 Å². The smallest absolute Gasteiger partial charge is 0.416 e. The van der Waals surface area contributed by atoms with E-state index in [4.69, 9.17) is 4.74 Å². The second kappa shape index (κ2) is 13.3. The molecule has 0 spiro atoms. The number of rotatable bonds is 13. The van der Waals surface area contributed by atoms with Crippen LogP contribution in [0.5, 0.6) is 0 Å². The lowest BCUT2D eigenvalue weighted by Crippen LogP contribution is -2.52. The molecule has 1 heterocycles. The first kappa shape index (κ1) is 29.7. The number of nitrogens with zero attached hydrogens (tertiary/aromatic N) is 1. The molecule has 0 saturated carbocycles. The first-order valence-corrected chi connectivity index (χ1v) is 13.7. The summed E-state index contributed by atoms with van der Waals surface area (Å²) >= 11 is 0. The van der Waals surface area contributed by atoms with Crippen LogP contribution < -0.4 is 5.32 Å². The summed E-state index contributed by atoms with van der Waals surface area (Å²) in [4.78, 5) is 41.2. The molecule has 2 aliphatic rings. The molecular weight excluding hydrogens is 497 g/mol. The van der Waals surface area contributed by atoms with Crippen LogP contribution in [0.15, 0.2) is 36.0 Å². The van der Waals surface area contributed by atoms with Crippen molar-refractivity contribution in [1.82, 2.24) is 10.2 Å². The van der Waals surface area contributed by atoms with E-state index in [0.29, 0.717) is 30.6 Å². The number of fused-ring (bicyclic) bond motifs is 1. The van der Waals surface area contributed by atoms with Gasteiger partial charge < -0.3 is 15.0 Å². The van der Waals surface area contributed by atoms with E-state index in [2.05, 4.69) is 12.2 Å². The quantitative estimate of drug-likeness (QED) is 0.242. The van der Waals surface area contributed by atoms with Gasteiger partial charge in [-0.25, -0.2) is 0 Å². The van der Waals surface area contributed by atoms with Crippen molar-refractivity contribution in [3.63, 3.8) is 0 Å². The Kier molecular flexibility index (Phi) is 10.4. The minimum Gasteiger partial charge on any atom is -0.465 e. The molecule has 0 bridgehead atoms. The van der Waals surface area contributed by atoms with E-state index in [1.807, 2.05) is 6.08 Å². The van der Waals surface area contributed by atoms with Crippen LogP contribution in [0, 0.1) is 11.3 Å². The lowest BCUT2D eigenvalue weighted by molar-refractivity contribution is -0.160. The number of allylic oxidation sites excluding steroid dienone is 1. The number of carbonyl (C=O) groups is 3. The first-order valence-electron chi connectivity index (χ1n) is 13.7. The minimum atomic E-state index is -4.47. The Morgan fingerprint density at radius 2 is 1.87 bits per heavy atom. The molecule has 0 aromatic heterocycles. The number of halogens is 3. The highest BCUT2D eigenvalue weighted by Gasteiger charge is 2.55. The lowest BCUT2D eigenvalue weighted by Gasteiger charge is -2.44. The van der Waals surface area contributed by atoms with E-state index in [-0.39, 0.29) is 37.9 Å². The number of alkyl halides is 3. The third-order valence-corrected chi connectivity index (χ3v) is 7.48. The second-order valence-corrected chi connectivity index (χ2v) is 10.3. The molecule has 1 saturated heterocycles. The Morgan fingerprint density at radius 1 is 1.13 bits per heavy atom. The molecule has 210 valence electrons. The van der Waals surface area contributed by atoms with Crippen LogP contribution in [0.4, 0.5) is 13.2 Å². The first-order chi connectivity index (χ1) is 18.1. The largest absolute Gasteiger partial charge is 0.465 e. The molecule has 1 aromatic carbocycles. The SMILES string of the molecule is CCCCCCCCN1C(=O)[C@H](CC(=O)NCc2cccc(C(F)(F)F)c2)C[C@@]2(C(=O)OCC)CCC=C12. The Balaban J connectivity index is 1.70. The second-order valence-electron chi connectivity index (χ2n) is 10.3. The number of amides is 2. The Labute approximate surface area is 223 Å². The van der Waals surface area contributed by atoms with Crippen molar-refractivity contribution in [3.8, 4) is 0 Å². The maximum atomic E-state index is 13.5. The van der Waals surface area contributed by atoms with Crippen LogP contribution >= 0.6 is 0 Å². The van der Waals surface area contributed by atoms with Crippen molar-refractivity contribution in [1.29, 1.82) is 0 Å². The third-order valence-electron chi connectivity index (χ3n) is 7.48. The van der Waals surface area contributed by atoms with Crippen LogP contribution in [0.2, 0.25) is 0 Å².